The van der Waals surface area contributed by atoms with Gasteiger partial charge < -0.3 is 10.5 Å². The van der Waals surface area contributed by atoms with Gasteiger partial charge >= 0.3 is 0 Å². The molecule has 0 aliphatic heterocycles. The molecule has 0 bridgehead atoms. The highest BCUT2D eigenvalue weighted by atomic mass is 32.1. The van der Waals surface area contributed by atoms with Crippen LogP contribution < -0.4 is 10.5 Å². The molecule has 0 fully saturated rings. The van der Waals surface area contributed by atoms with Gasteiger partial charge in [-0.05, 0) is 25.1 Å². The van der Waals surface area contributed by atoms with E-state index in [-0.39, 0.29) is 0 Å². The van der Waals surface area contributed by atoms with Gasteiger partial charge in [0, 0.05) is 11.8 Å². The molecule has 3 nitrogen and oxygen atoms in total. The highest BCUT2D eigenvalue weighted by Gasteiger charge is 2.03. The summed E-state index contributed by atoms with van der Waals surface area (Å²) in [5.74, 6) is 0.920. The number of benzene rings is 1. The lowest BCUT2D eigenvalue weighted by molar-refractivity contribution is 0.303. The van der Waals surface area contributed by atoms with Gasteiger partial charge in [-0.3, -0.25) is 0 Å². The van der Waals surface area contributed by atoms with Crippen LogP contribution >= 0.6 is 11.3 Å². The number of hydrogen-bond donors (Lipinski definition) is 1. The van der Waals surface area contributed by atoms with Crippen molar-refractivity contribution in [1.82, 2.24) is 4.98 Å². The summed E-state index contributed by atoms with van der Waals surface area (Å²) in [4.78, 5) is 4.46. The highest BCUT2D eigenvalue weighted by molar-refractivity contribution is 7.09. The third-order valence-corrected chi connectivity index (χ3v) is 3.32. The van der Waals surface area contributed by atoms with Crippen molar-refractivity contribution in [3.63, 3.8) is 0 Å². The molecule has 0 amide bonds. The van der Waals surface area contributed by atoms with Crippen molar-refractivity contribution in [2.75, 3.05) is 6.54 Å². The van der Waals surface area contributed by atoms with Crippen LogP contribution in [0.2, 0.25) is 0 Å². The van der Waals surface area contributed by atoms with Crippen LogP contribution in [0.5, 0.6) is 5.75 Å². The SMILES string of the molecule is Cc1ccccc1OCc1nc(CCN)cs1. The fraction of sp³-hybridized carbons (Fsp3) is 0.308. The maximum absolute atomic E-state index is 5.73. The first kappa shape index (κ1) is 12.1. The zero-order chi connectivity index (χ0) is 12.1. The first-order valence-corrected chi connectivity index (χ1v) is 6.49. The zero-order valence-electron chi connectivity index (χ0n) is 9.85. The Hall–Kier alpha value is -1.39. The van der Waals surface area contributed by atoms with Gasteiger partial charge in [0.25, 0.3) is 0 Å². The Labute approximate surface area is 105 Å². The van der Waals surface area contributed by atoms with Gasteiger partial charge in [0.15, 0.2) is 0 Å². The molecule has 0 aliphatic rings. The number of hydrogen-bond acceptors (Lipinski definition) is 4. The predicted molar refractivity (Wildman–Crippen MR) is 70.4 cm³/mol. The molecule has 0 saturated carbocycles. The molecule has 2 aromatic rings. The molecule has 1 aromatic heterocycles. The van der Waals surface area contributed by atoms with Gasteiger partial charge in [0.2, 0.25) is 0 Å². The molecule has 0 aliphatic carbocycles. The van der Waals surface area contributed by atoms with Gasteiger partial charge in [0.05, 0.1) is 5.69 Å². The molecular formula is C13H16N2OS. The van der Waals surface area contributed by atoms with Gasteiger partial charge in [-0.2, -0.15) is 0 Å². The third-order valence-electron chi connectivity index (χ3n) is 2.44. The second-order valence-electron chi connectivity index (χ2n) is 3.83. The quantitative estimate of drug-likeness (QED) is 0.884. The predicted octanol–water partition coefficient (Wildman–Crippen LogP) is 2.53. The number of aryl methyl sites for hydroxylation is 1. The Morgan fingerprint density at radius 2 is 2.18 bits per heavy atom. The summed E-state index contributed by atoms with van der Waals surface area (Å²) in [6.45, 7) is 3.21. The summed E-state index contributed by atoms with van der Waals surface area (Å²) < 4.78 is 5.73. The van der Waals surface area contributed by atoms with Crippen LogP contribution in [0, 0.1) is 6.92 Å². The fourth-order valence-corrected chi connectivity index (χ4v) is 2.28. The Morgan fingerprint density at radius 3 is 2.94 bits per heavy atom. The summed E-state index contributed by atoms with van der Waals surface area (Å²) in [6, 6.07) is 8.00. The molecule has 0 unspecified atom stereocenters. The highest BCUT2D eigenvalue weighted by Crippen LogP contribution is 2.19. The van der Waals surface area contributed by atoms with E-state index in [1.165, 1.54) is 0 Å². The molecule has 0 radical (unpaired) electrons. The van der Waals surface area contributed by atoms with Crippen LogP contribution in [0.25, 0.3) is 0 Å². The minimum atomic E-state index is 0.528. The Kier molecular flexibility index (Phi) is 4.12. The zero-order valence-corrected chi connectivity index (χ0v) is 10.7. The number of rotatable bonds is 5. The van der Waals surface area contributed by atoms with E-state index in [1.54, 1.807) is 11.3 Å². The summed E-state index contributed by atoms with van der Waals surface area (Å²) >= 11 is 1.62. The smallest absolute Gasteiger partial charge is 0.140 e. The average molecular weight is 248 g/mol. The van der Waals surface area contributed by atoms with Crippen molar-refractivity contribution < 1.29 is 4.74 Å². The molecular weight excluding hydrogens is 232 g/mol. The number of aromatic nitrogens is 1. The second kappa shape index (κ2) is 5.80. The van der Waals surface area contributed by atoms with Crippen LogP contribution in [-0.2, 0) is 13.0 Å². The Bertz CT molecular complexity index is 482. The lowest BCUT2D eigenvalue weighted by Crippen LogP contribution is -2.03. The third kappa shape index (κ3) is 3.28. The van der Waals surface area contributed by atoms with E-state index in [9.17, 15) is 0 Å². The van der Waals surface area contributed by atoms with E-state index in [0.29, 0.717) is 13.2 Å². The first-order valence-electron chi connectivity index (χ1n) is 5.61. The van der Waals surface area contributed by atoms with Crippen LogP contribution in [-0.4, -0.2) is 11.5 Å². The van der Waals surface area contributed by atoms with Crippen LogP contribution in [0.1, 0.15) is 16.3 Å². The lowest BCUT2D eigenvalue weighted by Gasteiger charge is -2.06. The molecule has 2 rings (SSSR count). The molecule has 90 valence electrons. The number of nitrogens with zero attached hydrogens (tertiary/aromatic N) is 1. The van der Waals surface area contributed by atoms with E-state index in [1.807, 2.05) is 36.6 Å². The topological polar surface area (TPSA) is 48.1 Å². The van der Waals surface area contributed by atoms with E-state index in [4.69, 9.17) is 10.5 Å². The largest absolute Gasteiger partial charge is 0.486 e. The fourth-order valence-electron chi connectivity index (χ4n) is 1.54. The first-order chi connectivity index (χ1) is 8.29. The van der Waals surface area contributed by atoms with E-state index in [0.717, 1.165) is 28.4 Å². The summed E-state index contributed by atoms with van der Waals surface area (Å²) in [6.07, 6.45) is 0.834. The van der Waals surface area contributed by atoms with Crippen molar-refractivity contribution >= 4 is 11.3 Å². The molecule has 0 saturated heterocycles. The van der Waals surface area contributed by atoms with E-state index >= 15 is 0 Å². The van der Waals surface area contributed by atoms with Gasteiger partial charge in [-0.1, -0.05) is 18.2 Å². The lowest BCUT2D eigenvalue weighted by atomic mass is 10.2. The number of ether oxygens (including phenoxy) is 1. The molecule has 1 heterocycles. The Balaban J connectivity index is 1.95. The van der Waals surface area contributed by atoms with E-state index < -0.39 is 0 Å². The van der Waals surface area contributed by atoms with Gasteiger partial charge in [0.1, 0.15) is 17.4 Å². The number of thiazole rings is 1. The Morgan fingerprint density at radius 1 is 1.35 bits per heavy atom. The summed E-state index contributed by atoms with van der Waals surface area (Å²) in [5, 5.41) is 3.04. The van der Waals surface area contributed by atoms with Gasteiger partial charge in [-0.25, -0.2) is 4.98 Å². The maximum Gasteiger partial charge on any atom is 0.140 e. The maximum atomic E-state index is 5.73. The minimum Gasteiger partial charge on any atom is -0.486 e. The summed E-state index contributed by atoms with van der Waals surface area (Å²) in [7, 11) is 0. The van der Waals surface area contributed by atoms with Crippen LogP contribution in [0.3, 0.4) is 0 Å². The van der Waals surface area contributed by atoms with E-state index in [2.05, 4.69) is 4.98 Å². The van der Waals surface area contributed by atoms with Crippen molar-refractivity contribution in [2.45, 2.75) is 20.0 Å². The number of nitrogens with two attached hydrogens (primary N) is 1. The minimum absolute atomic E-state index is 0.528. The molecule has 4 heteroatoms. The normalized spacial score (nSPS) is 10.5. The van der Waals surface area contributed by atoms with Crippen LogP contribution in [0.15, 0.2) is 29.6 Å². The monoisotopic (exact) mass is 248 g/mol. The standard InChI is InChI=1S/C13H16N2OS/c1-10-4-2-3-5-12(10)16-8-13-15-11(6-7-14)9-17-13/h2-5,9H,6-8,14H2,1H3. The average Bonchev–Trinajstić information content (AvgIpc) is 2.76. The van der Waals surface area contributed by atoms with Crippen molar-refractivity contribution in [3.8, 4) is 5.75 Å². The second-order valence-corrected chi connectivity index (χ2v) is 4.77. The number of para-hydroxylation sites is 1. The van der Waals surface area contributed by atoms with Crippen molar-refractivity contribution in [3.05, 3.63) is 45.9 Å². The summed E-state index contributed by atoms with van der Waals surface area (Å²) in [5.41, 5.74) is 7.69. The molecule has 0 spiro atoms. The molecule has 1 aromatic carbocycles. The molecule has 2 N–H and O–H groups in total. The van der Waals surface area contributed by atoms with Crippen molar-refractivity contribution in [2.24, 2.45) is 5.73 Å². The van der Waals surface area contributed by atoms with Crippen molar-refractivity contribution in [1.29, 1.82) is 0 Å². The molecule has 17 heavy (non-hydrogen) atoms. The van der Waals surface area contributed by atoms with Gasteiger partial charge in [-0.15, -0.1) is 11.3 Å². The molecule has 0 atom stereocenters. The van der Waals surface area contributed by atoms with Crippen LogP contribution in [0.4, 0.5) is 0 Å².